The molecule has 1 aromatic heterocycles. The van der Waals surface area contributed by atoms with Crippen molar-refractivity contribution < 1.29 is 44.3 Å². The lowest BCUT2D eigenvalue weighted by Crippen LogP contribution is -2.32. The number of halogens is 9. The van der Waals surface area contributed by atoms with Crippen molar-refractivity contribution in [3.8, 4) is 0 Å². The monoisotopic (exact) mass is 595 g/mol. The maximum absolute atomic E-state index is 13.8. The molecule has 6 nitrogen and oxygen atoms in total. The molecule has 0 unspecified atom stereocenters. The number of alkyl halides is 9. The molecule has 0 aliphatic heterocycles. The van der Waals surface area contributed by atoms with Gasteiger partial charge in [0.25, 0.3) is 5.95 Å². The van der Waals surface area contributed by atoms with Crippen LogP contribution in [0.25, 0.3) is 0 Å². The molecule has 224 valence electrons. The van der Waals surface area contributed by atoms with E-state index in [4.69, 9.17) is 4.74 Å². The molecule has 0 saturated heterocycles. The molecule has 0 bridgehead atoms. The Morgan fingerprint density at radius 1 is 0.780 bits per heavy atom. The standard InChI is InChI=1S/C26H26F9N5O/c1-41-23(8-4-2-3-5-9-23)21-7-6-18(24(27,28)29)12-17(21)15-40(22-36-38-39-37-22)14-16-10-19(25(30,31)32)13-20(11-16)26(33,34)35/h6-7,10-13H,2-5,8-9,14-15H2,1H3,(H,36,37,38,39). The third-order valence-electron chi connectivity index (χ3n) is 7.22. The van der Waals surface area contributed by atoms with E-state index in [9.17, 15) is 39.5 Å². The number of anilines is 1. The van der Waals surface area contributed by atoms with Gasteiger partial charge in [0.15, 0.2) is 0 Å². The first-order valence-corrected chi connectivity index (χ1v) is 12.6. The van der Waals surface area contributed by atoms with Crippen molar-refractivity contribution in [1.29, 1.82) is 0 Å². The predicted molar refractivity (Wildman–Crippen MR) is 128 cm³/mol. The zero-order valence-corrected chi connectivity index (χ0v) is 21.7. The van der Waals surface area contributed by atoms with E-state index in [0.29, 0.717) is 30.5 Å². The van der Waals surface area contributed by atoms with Gasteiger partial charge in [0.2, 0.25) is 0 Å². The summed E-state index contributed by atoms with van der Waals surface area (Å²) in [5.41, 5.74) is -4.78. The van der Waals surface area contributed by atoms with E-state index in [1.54, 1.807) is 0 Å². The topological polar surface area (TPSA) is 66.9 Å². The maximum atomic E-state index is 13.8. The second-order valence-electron chi connectivity index (χ2n) is 9.96. The normalized spacial score (nSPS) is 16.4. The molecule has 0 atom stereocenters. The Balaban J connectivity index is 1.82. The predicted octanol–water partition coefficient (Wildman–Crippen LogP) is 7.66. The minimum atomic E-state index is -5.08. The third kappa shape index (κ3) is 7.11. The van der Waals surface area contributed by atoms with Gasteiger partial charge in [-0.3, -0.25) is 0 Å². The summed E-state index contributed by atoms with van der Waals surface area (Å²) < 4.78 is 128. The van der Waals surface area contributed by atoms with Gasteiger partial charge in [0.05, 0.1) is 22.3 Å². The highest BCUT2D eigenvalue weighted by atomic mass is 19.4. The van der Waals surface area contributed by atoms with Gasteiger partial charge in [-0.15, -0.1) is 5.10 Å². The van der Waals surface area contributed by atoms with Crippen LogP contribution in [-0.4, -0.2) is 27.7 Å². The van der Waals surface area contributed by atoms with Gasteiger partial charge < -0.3 is 9.64 Å². The summed E-state index contributed by atoms with van der Waals surface area (Å²) in [6.07, 6.45) is -10.5. The lowest BCUT2D eigenvalue weighted by Gasteiger charge is -2.35. The Kier molecular flexibility index (Phi) is 8.58. The molecule has 1 fully saturated rings. The lowest BCUT2D eigenvalue weighted by molar-refractivity contribution is -0.143. The first kappa shape index (κ1) is 30.6. The van der Waals surface area contributed by atoms with Gasteiger partial charge in [-0.05, 0) is 65.1 Å². The Bertz CT molecular complexity index is 1280. The smallest absolute Gasteiger partial charge is 0.374 e. The number of nitrogens with one attached hydrogen (secondary N) is 1. The summed E-state index contributed by atoms with van der Waals surface area (Å²) in [6, 6.07) is 4.29. The number of aromatic amines is 1. The number of rotatable bonds is 7. The zero-order chi connectivity index (χ0) is 30.1. The van der Waals surface area contributed by atoms with E-state index in [2.05, 4.69) is 20.6 Å². The van der Waals surface area contributed by atoms with E-state index in [1.165, 1.54) is 13.2 Å². The molecule has 1 N–H and O–H groups in total. The minimum absolute atomic E-state index is 0.00149. The lowest BCUT2D eigenvalue weighted by atomic mass is 9.82. The van der Waals surface area contributed by atoms with Crippen LogP contribution in [0.5, 0.6) is 0 Å². The van der Waals surface area contributed by atoms with Crippen molar-refractivity contribution >= 4 is 5.95 Å². The van der Waals surface area contributed by atoms with Crippen LogP contribution in [-0.2, 0) is 42.0 Å². The maximum Gasteiger partial charge on any atom is 0.416 e. The molecule has 4 rings (SSSR count). The molecule has 15 heteroatoms. The first-order chi connectivity index (χ1) is 19.1. The SMILES string of the molecule is COC1(c2ccc(C(F)(F)F)cc2CN(Cc2cc(C(F)(F)F)cc(C(F)(F)F)c2)c2nn[nH]n2)CCCCCC1. The first-order valence-electron chi connectivity index (χ1n) is 12.6. The molecular weight excluding hydrogens is 569 g/mol. The summed E-state index contributed by atoms with van der Waals surface area (Å²) in [5, 5.41) is 13.2. The Morgan fingerprint density at radius 3 is 1.85 bits per heavy atom. The quantitative estimate of drug-likeness (QED) is 0.225. The zero-order valence-electron chi connectivity index (χ0n) is 21.7. The van der Waals surface area contributed by atoms with E-state index >= 15 is 0 Å². The molecule has 1 heterocycles. The molecule has 1 aliphatic rings. The van der Waals surface area contributed by atoms with Gasteiger partial charge >= 0.3 is 18.5 Å². The average molecular weight is 596 g/mol. The molecule has 0 amide bonds. The largest absolute Gasteiger partial charge is 0.416 e. The molecule has 1 aliphatic carbocycles. The molecule has 2 aromatic carbocycles. The molecule has 1 saturated carbocycles. The minimum Gasteiger partial charge on any atom is -0.374 e. The number of H-pyrrole nitrogens is 1. The van der Waals surface area contributed by atoms with E-state index in [1.807, 2.05) is 0 Å². The summed E-state index contributed by atoms with van der Waals surface area (Å²) in [6.45, 7) is -0.982. The van der Waals surface area contributed by atoms with Crippen LogP contribution < -0.4 is 4.90 Å². The Labute approximate surface area is 228 Å². The third-order valence-corrected chi connectivity index (χ3v) is 7.22. The fraction of sp³-hybridized carbons (Fsp3) is 0.500. The highest BCUT2D eigenvalue weighted by molar-refractivity contribution is 5.43. The molecule has 3 aromatic rings. The number of ether oxygens (including phenoxy) is 1. The number of benzene rings is 2. The van der Waals surface area contributed by atoms with Crippen LogP contribution in [0.3, 0.4) is 0 Å². The summed E-state index contributed by atoms with van der Waals surface area (Å²) >= 11 is 0. The molecular formula is C26H26F9N5O. The molecule has 0 radical (unpaired) electrons. The second-order valence-corrected chi connectivity index (χ2v) is 9.96. The fourth-order valence-corrected chi connectivity index (χ4v) is 5.25. The Hall–Kier alpha value is -3.36. The highest BCUT2D eigenvalue weighted by Crippen LogP contribution is 2.43. The van der Waals surface area contributed by atoms with Gasteiger partial charge in [-0.1, -0.05) is 36.8 Å². The van der Waals surface area contributed by atoms with Gasteiger partial charge in [-0.2, -0.15) is 44.7 Å². The van der Waals surface area contributed by atoms with Crippen molar-refractivity contribution in [3.05, 3.63) is 69.8 Å². The summed E-state index contributed by atoms with van der Waals surface area (Å²) in [4.78, 5) is 1.16. The highest BCUT2D eigenvalue weighted by Gasteiger charge is 2.39. The number of hydrogen-bond donors (Lipinski definition) is 1. The van der Waals surface area contributed by atoms with E-state index < -0.39 is 52.9 Å². The van der Waals surface area contributed by atoms with Crippen molar-refractivity contribution in [3.63, 3.8) is 0 Å². The number of tetrazole rings is 1. The van der Waals surface area contributed by atoms with Crippen molar-refractivity contribution in [2.24, 2.45) is 0 Å². The van der Waals surface area contributed by atoms with Gasteiger partial charge in [-0.25, -0.2) is 0 Å². The summed E-state index contributed by atoms with van der Waals surface area (Å²) in [5.74, 6) is -0.230. The van der Waals surface area contributed by atoms with Crippen LogP contribution in [0.1, 0.15) is 71.9 Å². The fourth-order valence-electron chi connectivity index (χ4n) is 5.25. The molecule has 41 heavy (non-hydrogen) atoms. The van der Waals surface area contributed by atoms with Crippen LogP contribution >= 0.6 is 0 Å². The van der Waals surface area contributed by atoms with Gasteiger partial charge in [0.1, 0.15) is 0 Å². The Morgan fingerprint density at radius 2 is 1.37 bits per heavy atom. The average Bonchev–Trinajstić information content (AvgIpc) is 3.32. The van der Waals surface area contributed by atoms with Crippen LogP contribution in [0.4, 0.5) is 45.5 Å². The number of hydrogen-bond acceptors (Lipinski definition) is 5. The van der Waals surface area contributed by atoms with E-state index in [0.717, 1.165) is 42.7 Å². The van der Waals surface area contributed by atoms with Crippen LogP contribution in [0.2, 0.25) is 0 Å². The van der Waals surface area contributed by atoms with Gasteiger partial charge in [0, 0.05) is 20.2 Å². The van der Waals surface area contributed by atoms with Crippen LogP contribution in [0.15, 0.2) is 36.4 Å². The number of aromatic nitrogens is 4. The number of nitrogens with zero attached hydrogens (tertiary/aromatic N) is 4. The molecule has 0 spiro atoms. The van der Waals surface area contributed by atoms with Crippen molar-refractivity contribution in [2.45, 2.75) is 75.7 Å². The van der Waals surface area contributed by atoms with Crippen molar-refractivity contribution in [2.75, 3.05) is 12.0 Å². The number of methoxy groups -OCH3 is 1. The van der Waals surface area contributed by atoms with Crippen molar-refractivity contribution in [1.82, 2.24) is 20.6 Å². The van der Waals surface area contributed by atoms with E-state index in [-0.39, 0.29) is 24.1 Å². The summed E-state index contributed by atoms with van der Waals surface area (Å²) in [7, 11) is 1.46. The van der Waals surface area contributed by atoms with Crippen LogP contribution in [0, 0.1) is 0 Å². The second kappa shape index (κ2) is 11.5.